The Bertz CT molecular complexity index is 1130. The summed E-state index contributed by atoms with van der Waals surface area (Å²) >= 11 is 3.61. The van der Waals surface area contributed by atoms with Crippen molar-refractivity contribution in [3.8, 4) is 0 Å². The maximum absolute atomic E-state index is 13.0. The second-order valence-corrected chi connectivity index (χ2v) is 8.68. The van der Waals surface area contributed by atoms with Crippen molar-refractivity contribution in [3.05, 3.63) is 67.2 Å². The molecule has 0 spiro atoms. The van der Waals surface area contributed by atoms with Crippen LogP contribution in [0.25, 0.3) is 10.9 Å². The number of nitrogens with zero attached hydrogens (tertiary/aromatic N) is 1. The van der Waals surface area contributed by atoms with Crippen molar-refractivity contribution in [3.63, 3.8) is 0 Å². The normalized spacial score (nSPS) is 11.4. The van der Waals surface area contributed by atoms with E-state index in [0.29, 0.717) is 17.2 Å². The molecule has 0 aliphatic rings. The Labute approximate surface area is 179 Å². The third-order valence-electron chi connectivity index (χ3n) is 5.31. The molecule has 1 aromatic carbocycles. The summed E-state index contributed by atoms with van der Waals surface area (Å²) in [6.45, 7) is 10.4. The highest BCUT2D eigenvalue weighted by molar-refractivity contribution is 9.10. The molecule has 3 rings (SSSR count). The summed E-state index contributed by atoms with van der Waals surface area (Å²) < 4.78 is 3.07. The van der Waals surface area contributed by atoms with Gasteiger partial charge in [0, 0.05) is 45.5 Å². The second kappa shape index (κ2) is 8.57. The minimum absolute atomic E-state index is 0.129. The number of aromatic amines is 1. The van der Waals surface area contributed by atoms with Gasteiger partial charge in [-0.15, -0.1) is 0 Å². The van der Waals surface area contributed by atoms with Crippen molar-refractivity contribution in [1.82, 2.24) is 14.9 Å². The molecular weight excluding hydrogens is 430 g/mol. The molecule has 0 fully saturated rings. The van der Waals surface area contributed by atoms with Crippen molar-refractivity contribution < 1.29 is 4.79 Å². The molecule has 0 saturated heterocycles. The summed E-state index contributed by atoms with van der Waals surface area (Å²) in [6.07, 6.45) is 3.81. The van der Waals surface area contributed by atoms with Crippen LogP contribution in [0.1, 0.15) is 66.0 Å². The van der Waals surface area contributed by atoms with E-state index in [1.54, 1.807) is 0 Å². The minimum atomic E-state index is -0.177. The van der Waals surface area contributed by atoms with E-state index >= 15 is 0 Å². The Hall–Kier alpha value is -2.34. The van der Waals surface area contributed by atoms with Gasteiger partial charge in [-0.1, -0.05) is 29.3 Å². The number of hydrogen-bond donors (Lipinski definition) is 2. The highest BCUT2D eigenvalue weighted by Gasteiger charge is 2.18. The van der Waals surface area contributed by atoms with E-state index in [-0.39, 0.29) is 18.0 Å². The average molecular weight is 458 g/mol. The SMILES string of the molecule is CCCc1cc(C)[nH]c(=O)c1CNC(=O)c1cc(Br)c2ccn(C(C)C)c2c1C. The standard InChI is InChI=1S/C23H28BrN3O2/c1-6-7-16-10-14(4)26-23(29)19(16)12-25-22(28)18-11-20(24)17-8-9-27(13(2)3)21(17)15(18)5/h8-11,13H,6-7,12H2,1-5H3,(H,25,28)(H,26,29). The van der Waals surface area contributed by atoms with Gasteiger partial charge in [-0.05, 0) is 63.4 Å². The number of H-pyrrole nitrogens is 1. The lowest BCUT2D eigenvalue weighted by Crippen LogP contribution is -2.29. The van der Waals surface area contributed by atoms with E-state index in [1.807, 2.05) is 26.0 Å². The summed E-state index contributed by atoms with van der Waals surface area (Å²) in [6, 6.07) is 6.22. The van der Waals surface area contributed by atoms with Crippen molar-refractivity contribution in [2.24, 2.45) is 0 Å². The van der Waals surface area contributed by atoms with Gasteiger partial charge in [0.1, 0.15) is 0 Å². The minimum Gasteiger partial charge on any atom is -0.348 e. The molecule has 0 aliphatic heterocycles. The number of nitrogens with one attached hydrogen (secondary N) is 2. The van der Waals surface area contributed by atoms with E-state index in [1.165, 1.54) is 0 Å². The molecule has 2 heterocycles. The van der Waals surface area contributed by atoms with Crippen molar-refractivity contribution >= 4 is 32.7 Å². The summed E-state index contributed by atoms with van der Waals surface area (Å²) in [5, 5.41) is 4.05. The summed E-state index contributed by atoms with van der Waals surface area (Å²) in [7, 11) is 0. The Kier molecular flexibility index (Phi) is 6.32. The lowest BCUT2D eigenvalue weighted by molar-refractivity contribution is 0.0950. The van der Waals surface area contributed by atoms with Crippen LogP contribution in [0.15, 0.2) is 33.7 Å². The van der Waals surface area contributed by atoms with Crippen molar-refractivity contribution in [2.75, 3.05) is 0 Å². The molecular formula is C23H28BrN3O2. The number of halogens is 1. The molecule has 3 aromatic rings. The monoisotopic (exact) mass is 457 g/mol. The topological polar surface area (TPSA) is 66.9 Å². The summed E-state index contributed by atoms with van der Waals surface area (Å²) in [5.74, 6) is -0.177. The van der Waals surface area contributed by atoms with Gasteiger partial charge in [0.15, 0.2) is 0 Å². The second-order valence-electron chi connectivity index (χ2n) is 7.83. The molecule has 0 unspecified atom stereocenters. The predicted octanol–water partition coefficient (Wildman–Crippen LogP) is 5.17. The Morgan fingerprint density at radius 1 is 1.28 bits per heavy atom. The van der Waals surface area contributed by atoms with Gasteiger partial charge in [0.05, 0.1) is 5.52 Å². The first-order valence-electron chi connectivity index (χ1n) is 10.0. The van der Waals surface area contributed by atoms with Crippen LogP contribution in [0, 0.1) is 13.8 Å². The van der Waals surface area contributed by atoms with Gasteiger partial charge in [-0.2, -0.15) is 0 Å². The fourth-order valence-electron chi connectivity index (χ4n) is 3.88. The fourth-order valence-corrected chi connectivity index (χ4v) is 4.43. The van der Waals surface area contributed by atoms with Crippen LogP contribution in [0.2, 0.25) is 0 Å². The van der Waals surface area contributed by atoms with E-state index in [0.717, 1.165) is 45.0 Å². The van der Waals surface area contributed by atoms with Crippen LogP contribution >= 0.6 is 15.9 Å². The van der Waals surface area contributed by atoms with E-state index in [9.17, 15) is 9.59 Å². The van der Waals surface area contributed by atoms with Gasteiger partial charge in [-0.25, -0.2) is 0 Å². The molecule has 1 amide bonds. The smallest absolute Gasteiger partial charge is 0.253 e. The van der Waals surface area contributed by atoms with Gasteiger partial charge in [0.25, 0.3) is 11.5 Å². The van der Waals surface area contributed by atoms with Crippen molar-refractivity contribution in [1.29, 1.82) is 0 Å². The van der Waals surface area contributed by atoms with Crippen LogP contribution in [-0.2, 0) is 13.0 Å². The largest absolute Gasteiger partial charge is 0.348 e. The average Bonchev–Trinajstić information content (AvgIpc) is 3.10. The number of amides is 1. The molecule has 2 aromatic heterocycles. The number of fused-ring (bicyclic) bond motifs is 1. The Morgan fingerprint density at radius 3 is 2.66 bits per heavy atom. The zero-order chi connectivity index (χ0) is 21.3. The fraction of sp³-hybridized carbons (Fsp3) is 0.391. The van der Waals surface area contributed by atoms with Crippen LogP contribution < -0.4 is 10.9 Å². The lowest BCUT2D eigenvalue weighted by atomic mass is 10.0. The quantitative estimate of drug-likeness (QED) is 0.535. The number of hydrogen-bond acceptors (Lipinski definition) is 2. The maximum atomic E-state index is 13.0. The van der Waals surface area contributed by atoms with Crippen LogP contribution in [0.3, 0.4) is 0 Å². The third-order valence-corrected chi connectivity index (χ3v) is 5.97. The van der Waals surface area contributed by atoms with E-state index < -0.39 is 0 Å². The molecule has 2 N–H and O–H groups in total. The number of pyridine rings is 1. The number of rotatable bonds is 6. The number of aryl methyl sites for hydroxylation is 3. The zero-order valence-corrected chi connectivity index (χ0v) is 19.2. The predicted molar refractivity (Wildman–Crippen MR) is 122 cm³/mol. The molecule has 0 atom stereocenters. The van der Waals surface area contributed by atoms with Gasteiger partial charge < -0.3 is 14.9 Å². The first-order valence-corrected chi connectivity index (χ1v) is 10.8. The highest BCUT2D eigenvalue weighted by Crippen LogP contribution is 2.32. The number of aromatic nitrogens is 2. The summed E-state index contributed by atoms with van der Waals surface area (Å²) in [4.78, 5) is 28.3. The van der Waals surface area contributed by atoms with Crippen LogP contribution in [0.5, 0.6) is 0 Å². The van der Waals surface area contributed by atoms with Crippen LogP contribution in [-0.4, -0.2) is 15.5 Å². The molecule has 0 saturated carbocycles. The van der Waals surface area contributed by atoms with E-state index in [2.05, 4.69) is 63.8 Å². The molecule has 0 aliphatic carbocycles. The molecule has 29 heavy (non-hydrogen) atoms. The number of carbonyl (C=O) groups is 1. The lowest BCUT2D eigenvalue weighted by Gasteiger charge is -2.15. The number of benzene rings is 1. The maximum Gasteiger partial charge on any atom is 0.253 e. The molecule has 0 radical (unpaired) electrons. The van der Waals surface area contributed by atoms with E-state index in [4.69, 9.17) is 0 Å². The molecule has 5 nitrogen and oxygen atoms in total. The zero-order valence-electron chi connectivity index (χ0n) is 17.6. The van der Waals surface area contributed by atoms with Crippen molar-refractivity contribution in [2.45, 2.75) is 60.0 Å². The third kappa shape index (κ3) is 4.17. The van der Waals surface area contributed by atoms with Gasteiger partial charge in [-0.3, -0.25) is 9.59 Å². The Balaban J connectivity index is 1.95. The first-order chi connectivity index (χ1) is 13.7. The highest BCUT2D eigenvalue weighted by atomic mass is 79.9. The van der Waals surface area contributed by atoms with Crippen LogP contribution in [0.4, 0.5) is 0 Å². The summed E-state index contributed by atoms with van der Waals surface area (Å²) in [5.41, 5.74) is 4.95. The first kappa shape index (κ1) is 21.4. The van der Waals surface area contributed by atoms with Gasteiger partial charge >= 0.3 is 0 Å². The molecule has 0 bridgehead atoms. The van der Waals surface area contributed by atoms with Gasteiger partial charge in [0.2, 0.25) is 0 Å². The molecule has 154 valence electrons. The molecule has 6 heteroatoms. The Morgan fingerprint density at radius 2 is 2.00 bits per heavy atom. The number of carbonyl (C=O) groups excluding carboxylic acids is 1.